The Labute approximate surface area is 122 Å². The van der Waals surface area contributed by atoms with E-state index in [1.807, 2.05) is 0 Å². The molecule has 0 radical (unpaired) electrons. The zero-order valence-electron chi connectivity index (χ0n) is 12.5. The van der Waals surface area contributed by atoms with Crippen molar-refractivity contribution < 1.29 is 18.7 Å². The van der Waals surface area contributed by atoms with Crippen LogP contribution in [0.2, 0.25) is 18.1 Å². The second kappa shape index (κ2) is 7.92. The van der Waals surface area contributed by atoms with Gasteiger partial charge in [-0.25, -0.2) is 0 Å². The summed E-state index contributed by atoms with van der Waals surface area (Å²) in [6, 6.07) is 0. The second-order valence-corrected chi connectivity index (χ2v) is 10.9. The summed E-state index contributed by atoms with van der Waals surface area (Å²) in [6.45, 7) is 14.7. The number of rotatable bonds is 8. The maximum atomic E-state index is 11.2. The van der Waals surface area contributed by atoms with Gasteiger partial charge in [-0.1, -0.05) is 27.4 Å². The van der Waals surface area contributed by atoms with Gasteiger partial charge in [0, 0.05) is 0 Å². The molecule has 0 aliphatic carbocycles. The van der Waals surface area contributed by atoms with Crippen LogP contribution in [0.3, 0.4) is 0 Å². The highest BCUT2D eigenvalue weighted by molar-refractivity contribution is 6.74. The van der Waals surface area contributed by atoms with Crippen molar-refractivity contribution in [2.24, 2.45) is 0 Å². The molecule has 0 aliphatic heterocycles. The van der Waals surface area contributed by atoms with Crippen LogP contribution in [0.5, 0.6) is 0 Å². The second-order valence-electron chi connectivity index (χ2n) is 5.82. The minimum atomic E-state index is -1.87. The van der Waals surface area contributed by atoms with Crippen molar-refractivity contribution in [1.82, 2.24) is 0 Å². The molecule has 0 heterocycles. The Bertz CT molecular complexity index is 300. The maximum absolute atomic E-state index is 11.2. The molecule has 0 aromatic heterocycles. The summed E-state index contributed by atoms with van der Waals surface area (Å²) in [7, 11) is -1.87. The Hall–Kier alpha value is -0.523. The zero-order chi connectivity index (χ0) is 15.1. The number of alkyl halides is 1. The Morgan fingerprint density at radius 3 is 2.37 bits per heavy atom. The molecule has 0 aromatic rings. The summed E-state index contributed by atoms with van der Waals surface area (Å²) in [5, 5.41) is 0.105. The number of hydrogen-bond acceptors (Lipinski definition) is 4. The molecule has 0 saturated heterocycles. The van der Waals surface area contributed by atoms with Crippen molar-refractivity contribution in [1.29, 1.82) is 0 Å². The van der Waals surface area contributed by atoms with E-state index in [0.717, 1.165) is 0 Å². The molecule has 1 unspecified atom stereocenters. The van der Waals surface area contributed by atoms with Crippen molar-refractivity contribution in [3.63, 3.8) is 0 Å². The van der Waals surface area contributed by atoms with Crippen molar-refractivity contribution in [3.8, 4) is 0 Å². The maximum Gasteiger partial charge on any atom is 0.321 e. The first-order valence-corrected chi connectivity index (χ1v) is 9.70. The Balaban J connectivity index is 4.47. The average Bonchev–Trinajstić information content (AvgIpc) is 2.30. The van der Waals surface area contributed by atoms with Gasteiger partial charge < -0.3 is 13.9 Å². The van der Waals surface area contributed by atoms with E-state index >= 15 is 0 Å². The van der Waals surface area contributed by atoms with Gasteiger partial charge in [0.15, 0.2) is 14.4 Å². The molecule has 4 nitrogen and oxygen atoms in total. The molecular weight excluding hydrogens is 284 g/mol. The zero-order valence-corrected chi connectivity index (χ0v) is 14.3. The Morgan fingerprint density at radius 1 is 1.37 bits per heavy atom. The predicted molar refractivity (Wildman–Crippen MR) is 79.9 cm³/mol. The number of carbonyl (C=O) groups is 1. The number of esters is 1. The molecule has 6 heteroatoms. The topological polar surface area (TPSA) is 44.8 Å². The van der Waals surface area contributed by atoms with E-state index in [1.165, 1.54) is 6.26 Å². The fourth-order valence-corrected chi connectivity index (χ4v) is 2.13. The first kappa shape index (κ1) is 18.5. The van der Waals surface area contributed by atoms with Crippen molar-refractivity contribution in [2.75, 3.05) is 19.1 Å². The molecule has 0 aromatic carbocycles. The summed E-state index contributed by atoms with van der Waals surface area (Å²) in [5.74, 6) is -0.650. The van der Waals surface area contributed by atoms with Gasteiger partial charge in [0.2, 0.25) is 0 Å². The first-order valence-electron chi connectivity index (χ1n) is 6.26. The van der Waals surface area contributed by atoms with Crippen LogP contribution in [0.1, 0.15) is 20.8 Å². The van der Waals surface area contributed by atoms with E-state index in [1.54, 1.807) is 0 Å². The molecule has 19 heavy (non-hydrogen) atoms. The van der Waals surface area contributed by atoms with Crippen LogP contribution in [-0.4, -0.2) is 39.5 Å². The van der Waals surface area contributed by atoms with Crippen molar-refractivity contribution in [2.45, 2.75) is 45.0 Å². The Kier molecular flexibility index (Phi) is 7.70. The van der Waals surface area contributed by atoms with Gasteiger partial charge in [-0.2, -0.15) is 0 Å². The highest BCUT2D eigenvalue weighted by Crippen LogP contribution is 2.36. The van der Waals surface area contributed by atoms with Gasteiger partial charge >= 0.3 is 5.97 Å². The van der Waals surface area contributed by atoms with Crippen LogP contribution < -0.4 is 0 Å². The van der Waals surface area contributed by atoms with Gasteiger partial charge in [-0.3, -0.25) is 4.79 Å². The molecule has 112 valence electrons. The monoisotopic (exact) mass is 308 g/mol. The van der Waals surface area contributed by atoms with Crippen LogP contribution in [0, 0.1) is 0 Å². The summed E-state index contributed by atoms with van der Waals surface area (Å²) in [6.07, 6.45) is 0.854. The fraction of sp³-hybridized carbons (Fsp3) is 0.769. The van der Waals surface area contributed by atoms with E-state index in [9.17, 15) is 4.79 Å². The predicted octanol–water partition coefficient (Wildman–Crippen LogP) is 3.32. The molecular formula is C13H25ClO4Si. The highest BCUT2D eigenvalue weighted by atomic mass is 35.5. The Morgan fingerprint density at radius 2 is 1.95 bits per heavy atom. The molecule has 0 saturated carbocycles. The molecule has 0 aliphatic rings. The standard InChI is InChI=1S/C13H25ClO4Si/c1-7-16-9-11(18-12(15)8-14)10-17-19(5,6)13(2,3)4/h7,11H,1,8-10H2,2-6H3. The van der Waals surface area contributed by atoms with E-state index in [0.29, 0.717) is 6.61 Å². The highest BCUT2D eigenvalue weighted by Gasteiger charge is 2.37. The lowest BCUT2D eigenvalue weighted by atomic mass is 10.2. The summed E-state index contributed by atoms with van der Waals surface area (Å²) in [5.41, 5.74) is 0. The summed E-state index contributed by atoms with van der Waals surface area (Å²) in [4.78, 5) is 11.2. The van der Waals surface area contributed by atoms with Gasteiger partial charge in [-0.05, 0) is 18.1 Å². The van der Waals surface area contributed by atoms with E-state index in [4.69, 9.17) is 25.5 Å². The van der Waals surface area contributed by atoms with Gasteiger partial charge in [0.1, 0.15) is 12.5 Å². The largest absolute Gasteiger partial charge is 0.498 e. The third-order valence-electron chi connectivity index (χ3n) is 3.24. The average molecular weight is 309 g/mol. The lowest BCUT2D eigenvalue weighted by molar-refractivity contribution is -0.149. The minimum absolute atomic E-state index is 0.105. The van der Waals surface area contributed by atoms with Crippen molar-refractivity contribution in [3.05, 3.63) is 12.8 Å². The lowest BCUT2D eigenvalue weighted by Crippen LogP contribution is -2.44. The van der Waals surface area contributed by atoms with Gasteiger partial charge in [-0.15, -0.1) is 11.6 Å². The summed E-state index contributed by atoms with van der Waals surface area (Å²) >= 11 is 5.43. The SMILES string of the molecule is C=COCC(CO[Si](C)(C)C(C)(C)C)OC(=O)CCl. The van der Waals surface area contributed by atoms with Crippen LogP contribution in [0.15, 0.2) is 12.8 Å². The molecule has 0 spiro atoms. The third kappa shape index (κ3) is 6.99. The quantitative estimate of drug-likeness (QED) is 0.299. The first-order chi connectivity index (χ1) is 8.64. The molecule has 1 atom stereocenters. The van der Waals surface area contributed by atoms with E-state index < -0.39 is 20.4 Å². The minimum Gasteiger partial charge on any atom is -0.498 e. The molecule has 0 amide bonds. The smallest absolute Gasteiger partial charge is 0.321 e. The van der Waals surface area contributed by atoms with E-state index in [-0.39, 0.29) is 17.5 Å². The number of carbonyl (C=O) groups excluding carboxylic acids is 1. The number of hydrogen-bond donors (Lipinski definition) is 0. The van der Waals surface area contributed by atoms with Crippen molar-refractivity contribution >= 4 is 25.9 Å². The van der Waals surface area contributed by atoms with Crippen LogP contribution in [-0.2, 0) is 18.7 Å². The number of halogens is 1. The normalized spacial score (nSPS) is 13.8. The molecule has 0 rings (SSSR count). The van der Waals surface area contributed by atoms with E-state index in [2.05, 4.69) is 40.4 Å². The molecule has 0 bridgehead atoms. The third-order valence-corrected chi connectivity index (χ3v) is 7.96. The van der Waals surface area contributed by atoms with Gasteiger partial charge in [0.25, 0.3) is 0 Å². The summed E-state index contributed by atoms with van der Waals surface area (Å²) < 4.78 is 16.2. The van der Waals surface area contributed by atoms with Crippen LogP contribution in [0.25, 0.3) is 0 Å². The van der Waals surface area contributed by atoms with Gasteiger partial charge in [0.05, 0.1) is 12.9 Å². The lowest BCUT2D eigenvalue weighted by Gasteiger charge is -2.37. The van der Waals surface area contributed by atoms with Crippen LogP contribution >= 0.6 is 11.6 Å². The molecule has 0 N–H and O–H groups in total. The fourth-order valence-electron chi connectivity index (χ4n) is 1.03. The number of ether oxygens (including phenoxy) is 2. The molecule has 0 fully saturated rings. The van der Waals surface area contributed by atoms with Crippen LogP contribution in [0.4, 0.5) is 0 Å².